The van der Waals surface area contributed by atoms with Crippen LogP contribution in [0.2, 0.25) is 0 Å². The van der Waals surface area contributed by atoms with Gasteiger partial charge in [-0.15, -0.1) is 0 Å². The third-order valence-corrected chi connectivity index (χ3v) is 9.22. The van der Waals surface area contributed by atoms with E-state index in [9.17, 15) is 24.2 Å². The zero-order chi connectivity index (χ0) is 37.7. The maximum absolute atomic E-state index is 12.6. The zero-order valence-corrected chi connectivity index (χ0v) is 33.0. The third kappa shape index (κ3) is 36.3. The average Bonchev–Trinajstić information content (AvgIpc) is 3.12. The van der Waals surface area contributed by atoms with E-state index in [1.807, 2.05) is 0 Å². The number of hydrogen-bond acceptors (Lipinski definition) is 9. The molecule has 10 nitrogen and oxygen atoms in total. The molecular weight excluding hydrogens is 671 g/mol. The first-order valence-electron chi connectivity index (χ1n) is 19.9. The second-order valence-electron chi connectivity index (χ2n) is 13.3. The standard InChI is InChI=1S/C40H73O10P/c1-3-5-7-9-11-13-15-17-18-20-22-24-26-28-30-32-40(44)50-38(36-49-51(45,46)48-34-37(42)33-41)35-47-39(43)31-29-27-25-23-21-19-16-14-12-10-8-6-4-2/h11,13-14,16-18,37-38,41-42H,3-10,12,15,19-36H2,1-2H3,(H,45,46)/t37-,38+/m0/s1. The van der Waals surface area contributed by atoms with E-state index in [2.05, 4.69) is 54.8 Å². The number of hydrogen-bond donors (Lipinski definition) is 3. The van der Waals surface area contributed by atoms with Crippen LogP contribution in [0.4, 0.5) is 0 Å². The number of allylic oxidation sites excluding steroid dienone is 6. The van der Waals surface area contributed by atoms with Gasteiger partial charge in [-0.25, -0.2) is 4.57 Å². The predicted molar refractivity (Wildman–Crippen MR) is 205 cm³/mol. The molecule has 0 aromatic carbocycles. The van der Waals surface area contributed by atoms with Crippen LogP contribution in [0.1, 0.15) is 168 Å². The van der Waals surface area contributed by atoms with Gasteiger partial charge in [0.1, 0.15) is 12.7 Å². The van der Waals surface area contributed by atoms with Crippen LogP contribution < -0.4 is 0 Å². The molecule has 0 heterocycles. The minimum Gasteiger partial charge on any atom is -0.462 e. The minimum atomic E-state index is -4.62. The number of aliphatic hydroxyl groups excluding tert-OH is 2. The molecule has 298 valence electrons. The Morgan fingerprint density at radius 2 is 1.02 bits per heavy atom. The van der Waals surface area contributed by atoms with Gasteiger partial charge in [-0.05, 0) is 70.6 Å². The smallest absolute Gasteiger partial charge is 0.462 e. The average molecular weight is 745 g/mol. The maximum Gasteiger partial charge on any atom is 0.472 e. The van der Waals surface area contributed by atoms with E-state index >= 15 is 0 Å². The highest BCUT2D eigenvalue weighted by Gasteiger charge is 2.27. The summed E-state index contributed by atoms with van der Waals surface area (Å²) in [5.41, 5.74) is 0. The van der Waals surface area contributed by atoms with Gasteiger partial charge in [0.05, 0.1) is 19.8 Å². The van der Waals surface area contributed by atoms with E-state index in [-0.39, 0.29) is 19.4 Å². The number of carbonyl (C=O) groups excluding carboxylic acids is 2. The Labute approximate surface area is 310 Å². The summed E-state index contributed by atoms with van der Waals surface area (Å²) in [7, 11) is -4.62. The van der Waals surface area contributed by atoms with Crippen LogP contribution in [0.15, 0.2) is 36.5 Å². The summed E-state index contributed by atoms with van der Waals surface area (Å²) in [4.78, 5) is 34.9. The van der Waals surface area contributed by atoms with Crippen molar-refractivity contribution in [3.05, 3.63) is 36.5 Å². The van der Waals surface area contributed by atoms with E-state index in [4.69, 9.17) is 19.1 Å². The first-order valence-corrected chi connectivity index (χ1v) is 21.4. The van der Waals surface area contributed by atoms with E-state index in [0.717, 1.165) is 83.5 Å². The molecule has 0 fully saturated rings. The van der Waals surface area contributed by atoms with Gasteiger partial charge >= 0.3 is 19.8 Å². The number of unbranched alkanes of at least 4 members (excludes halogenated alkanes) is 17. The van der Waals surface area contributed by atoms with Crippen molar-refractivity contribution in [2.45, 2.75) is 180 Å². The highest BCUT2D eigenvalue weighted by atomic mass is 31.2. The minimum absolute atomic E-state index is 0.166. The van der Waals surface area contributed by atoms with Gasteiger partial charge in [-0.3, -0.25) is 18.6 Å². The first-order chi connectivity index (χ1) is 24.7. The van der Waals surface area contributed by atoms with Gasteiger partial charge in [-0.1, -0.05) is 121 Å². The molecule has 51 heavy (non-hydrogen) atoms. The molecule has 0 saturated heterocycles. The molecular formula is C40H73O10P. The molecule has 0 aliphatic carbocycles. The quantitative estimate of drug-likeness (QED) is 0.0243. The van der Waals surface area contributed by atoms with Crippen molar-refractivity contribution in [2.24, 2.45) is 0 Å². The summed E-state index contributed by atoms with van der Waals surface area (Å²) < 4.78 is 32.6. The number of ether oxygens (including phenoxy) is 2. The normalized spacial score (nSPS) is 14.4. The molecule has 11 heteroatoms. The largest absolute Gasteiger partial charge is 0.472 e. The fourth-order valence-corrected chi connectivity index (χ4v) is 5.92. The fourth-order valence-electron chi connectivity index (χ4n) is 5.13. The van der Waals surface area contributed by atoms with Gasteiger partial charge in [0, 0.05) is 12.8 Å². The molecule has 3 N–H and O–H groups in total. The van der Waals surface area contributed by atoms with Crippen molar-refractivity contribution in [1.82, 2.24) is 0 Å². The van der Waals surface area contributed by atoms with Gasteiger partial charge < -0.3 is 24.6 Å². The Morgan fingerprint density at radius 3 is 1.57 bits per heavy atom. The maximum atomic E-state index is 12.6. The summed E-state index contributed by atoms with van der Waals surface area (Å²) in [6.07, 6.45) is 35.4. The number of rotatable bonds is 37. The SMILES string of the molecule is CCCCCC=CCC=CCCCCCCCC(=O)O[C@H](COC(=O)CCCCCCCC=CCCCCCC)COP(=O)(O)OC[C@@H](O)CO. The van der Waals surface area contributed by atoms with E-state index < -0.39 is 51.8 Å². The molecule has 3 atom stereocenters. The number of carbonyl (C=O) groups is 2. The van der Waals surface area contributed by atoms with Gasteiger partial charge in [-0.2, -0.15) is 0 Å². The predicted octanol–water partition coefficient (Wildman–Crippen LogP) is 10.00. The summed E-state index contributed by atoms with van der Waals surface area (Å²) in [5, 5.41) is 18.3. The van der Waals surface area contributed by atoms with Gasteiger partial charge in [0.2, 0.25) is 0 Å². The molecule has 0 aliphatic rings. The second kappa shape index (κ2) is 36.5. The van der Waals surface area contributed by atoms with Crippen molar-refractivity contribution in [2.75, 3.05) is 26.4 Å². The van der Waals surface area contributed by atoms with Crippen molar-refractivity contribution >= 4 is 19.8 Å². The van der Waals surface area contributed by atoms with Crippen LogP contribution >= 0.6 is 7.82 Å². The second-order valence-corrected chi connectivity index (χ2v) is 14.8. The number of phosphoric ester groups is 1. The Bertz CT molecular complexity index is 952. The first kappa shape index (κ1) is 49.2. The molecule has 0 aliphatic heterocycles. The molecule has 0 rings (SSSR count). The number of esters is 2. The van der Waals surface area contributed by atoms with E-state index in [1.54, 1.807) is 0 Å². The van der Waals surface area contributed by atoms with Crippen LogP contribution in [0.5, 0.6) is 0 Å². The Morgan fingerprint density at radius 1 is 0.588 bits per heavy atom. The summed E-state index contributed by atoms with van der Waals surface area (Å²) >= 11 is 0. The third-order valence-electron chi connectivity index (χ3n) is 8.27. The highest BCUT2D eigenvalue weighted by molar-refractivity contribution is 7.47. The molecule has 1 unspecified atom stereocenters. The van der Waals surface area contributed by atoms with Crippen LogP contribution in [0, 0.1) is 0 Å². The summed E-state index contributed by atoms with van der Waals surface area (Å²) in [6.45, 7) is 2.30. The summed E-state index contributed by atoms with van der Waals surface area (Å²) in [5.74, 6) is -0.952. The number of aliphatic hydroxyl groups is 2. The van der Waals surface area contributed by atoms with Gasteiger partial charge in [0.15, 0.2) is 6.10 Å². The van der Waals surface area contributed by atoms with Gasteiger partial charge in [0.25, 0.3) is 0 Å². The molecule has 0 radical (unpaired) electrons. The molecule has 0 spiro atoms. The van der Waals surface area contributed by atoms with Crippen LogP contribution in [0.3, 0.4) is 0 Å². The van der Waals surface area contributed by atoms with E-state index in [0.29, 0.717) is 12.8 Å². The molecule has 0 aromatic rings. The lowest BCUT2D eigenvalue weighted by Gasteiger charge is -2.20. The van der Waals surface area contributed by atoms with Crippen LogP contribution in [-0.4, -0.2) is 65.7 Å². The van der Waals surface area contributed by atoms with Crippen molar-refractivity contribution in [3.63, 3.8) is 0 Å². The Hall–Kier alpha value is -1.81. The monoisotopic (exact) mass is 744 g/mol. The summed E-state index contributed by atoms with van der Waals surface area (Å²) in [6, 6.07) is 0. The van der Waals surface area contributed by atoms with Crippen molar-refractivity contribution in [3.8, 4) is 0 Å². The lowest BCUT2D eigenvalue weighted by molar-refractivity contribution is -0.161. The lowest BCUT2D eigenvalue weighted by atomic mass is 10.1. The molecule has 0 amide bonds. The molecule has 0 saturated carbocycles. The van der Waals surface area contributed by atoms with E-state index in [1.165, 1.54) is 44.9 Å². The van der Waals surface area contributed by atoms with Crippen molar-refractivity contribution < 1.29 is 47.8 Å². The zero-order valence-electron chi connectivity index (χ0n) is 32.1. The number of phosphoric acid groups is 1. The molecule has 0 aromatic heterocycles. The van der Waals surface area contributed by atoms with Crippen LogP contribution in [0.25, 0.3) is 0 Å². The van der Waals surface area contributed by atoms with Crippen LogP contribution in [-0.2, 0) is 32.7 Å². The topological polar surface area (TPSA) is 149 Å². The Balaban J connectivity index is 4.39. The highest BCUT2D eigenvalue weighted by Crippen LogP contribution is 2.43. The van der Waals surface area contributed by atoms with Crippen molar-refractivity contribution in [1.29, 1.82) is 0 Å². The fraction of sp³-hybridized carbons (Fsp3) is 0.800. The Kier molecular flexibility index (Phi) is 35.2. The molecule has 0 bridgehead atoms. The lowest BCUT2D eigenvalue weighted by Crippen LogP contribution is -2.29.